The highest BCUT2D eigenvalue weighted by molar-refractivity contribution is 5.52. The zero-order valence-corrected chi connectivity index (χ0v) is 13.6. The monoisotopic (exact) mass is 304 g/mol. The van der Waals surface area contributed by atoms with Crippen LogP contribution in [-0.2, 0) is 11.3 Å². The summed E-state index contributed by atoms with van der Waals surface area (Å²) in [5.74, 6) is 0.900. The van der Waals surface area contributed by atoms with E-state index in [1.54, 1.807) is 13.4 Å². The van der Waals surface area contributed by atoms with Gasteiger partial charge in [0.2, 0.25) is 0 Å². The van der Waals surface area contributed by atoms with Crippen molar-refractivity contribution in [2.45, 2.75) is 39.3 Å². The Kier molecular flexibility index (Phi) is 4.59. The maximum atomic E-state index is 5.72. The van der Waals surface area contributed by atoms with Crippen molar-refractivity contribution in [3.05, 3.63) is 23.7 Å². The normalized spacial score (nSPS) is 17.2. The van der Waals surface area contributed by atoms with E-state index >= 15 is 0 Å². The van der Waals surface area contributed by atoms with Gasteiger partial charge in [-0.1, -0.05) is 0 Å². The van der Waals surface area contributed by atoms with Gasteiger partial charge < -0.3 is 9.47 Å². The van der Waals surface area contributed by atoms with Crippen molar-refractivity contribution in [2.75, 3.05) is 26.8 Å². The number of hydrogen-bond donors (Lipinski definition) is 0. The molecule has 0 spiro atoms. The first-order chi connectivity index (χ1) is 10.7. The molecule has 2 aromatic heterocycles. The van der Waals surface area contributed by atoms with Crippen LogP contribution in [0.1, 0.15) is 31.0 Å². The SMILES string of the molecule is CCOC1CCN(Cc2c(OC)cc(C)c3nncn23)CC1. The number of likely N-dealkylation sites (tertiary alicyclic amines) is 1. The van der Waals surface area contributed by atoms with Gasteiger partial charge in [-0.25, -0.2) is 0 Å². The Balaban J connectivity index is 1.79. The molecule has 0 amide bonds. The van der Waals surface area contributed by atoms with E-state index in [0.717, 1.165) is 61.7 Å². The molecule has 0 aromatic carbocycles. The summed E-state index contributed by atoms with van der Waals surface area (Å²) in [6.45, 7) is 7.83. The summed E-state index contributed by atoms with van der Waals surface area (Å²) < 4.78 is 13.3. The molecule has 0 aliphatic carbocycles. The summed E-state index contributed by atoms with van der Waals surface area (Å²) in [7, 11) is 1.72. The number of methoxy groups -OCH3 is 1. The maximum absolute atomic E-state index is 5.72. The van der Waals surface area contributed by atoms with Gasteiger partial charge in [-0.2, -0.15) is 0 Å². The molecule has 1 aliphatic rings. The smallest absolute Gasteiger partial charge is 0.164 e. The van der Waals surface area contributed by atoms with E-state index in [9.17, 15) is 0 Å². The summed E-state index contributed by atoms with van der Waals surface area (Å²) in [5, 5.41) is 8.25. The number of nitrogens with zero attached hydrogens (tertiary/aromatic N) is 4. The van der Waals surface area contributed by atoms with Crippen molar-refractivity contribution < 1.29 is 9.47 Å². The van der Waals surface area contributed by atoms with Gasteiger partial charge >= 0.3 is 0 Å². The standard InChI is InChI=1S/C16H24N4O2/c1-4-22-13-5-7-19(8-6-13)10-14-15(21-3)9-12(2)16-18-17-11-20(14)16/h9,11,13H,4-8,10H2,1-3H3. The van der Waals surface area contributed by atoms with E-state index in [1.807, 2.05) is 17.4 Å². The van der Waals surface area contributed by atoms with E-state index in [2.05, 4.69) is 22.0 Å². The molecular formula is C16H24N4O2. The molecule has 1 aliphatic heterocycles. The molecule has 22 heavy (non-hydrogen) atoms. The Labute approximate surface area is 131 Å². The lowest BCUT2D eigenvalue weighted by molar-refractivity contribution is 0.0120. The number of hydrogen-bond acceptors (Lipinski definition) is 5. The van der Waals surface area contributed by atoms with E-state index in [0.29, 0.717) is 6.10 Å². The van der Waals surface area contributed by atoms with Crippen LogP contribution in [0.3, 0.4) is 0 Å². The Morgan fingerprint density at radius 3 is 2.77 bits per heavy atom. The predicted molar refractivity (Wildman–Crippen MR) is 84.2 cm³/mol. The first kappa shape index (κ1) is 15.2. The van der Waals surface area contributed by atoms with Gasteiger partial charge in [0.1, 0.15) is 12.1 Å². The summed E-state index contributed by atoms with van der Waals surface area (Å²) in [6, 6.07) is 2.05. The quantitative estimate of drug-likeness (QED) is 0.846. The summed E-state index contributed by atoms with van der Waals surface area (Å²) >= 11 is 0. The van der Waals surface area contributed by atoms with Crippen molar-refractivity contribution in [2.24, 2.45) is 0 Å². The number of aryl methyl sites for hydroxylation is 1. The van der Waals surface area contributed by atoms with Crippen molar-refractivity contribution in [1.29, 1.82) is 0 Å². The molecule has 3 heterocycles. The number of aromatic nitrogens is 3. The van der Waals surface area contributed by atoms with Crippen LogP contribution < -0.4 is 4.74 Å². The molecule has 6 heteroatoms. The van der Waals surface area contributed by atoms with Crippen molar-refractivity contribution in [3.8, 4) is 5.75 Å². The van der Waals surface area contributed by atoms with Gasteiger partial charge in [0, 0.05) is 26.2 Å². The van der Waals surface area contributed by atoms with Crippen LogP contribution in [0.15, 0.2) is 12.4 Å². The van der Waals surface area contributed by atoms with Crippen molar-refractivity contribution in [1.82, 2.24) is 19.5 Å². The molecule has 0 saturated carbocycles. The van der Waals surface area contributed by atoms with Crippen molar-refractivity contribution >= 4 is 5.65 Å². The van der Waals surface area contributed by atoms with Crippen LogP contribution in [-0.4, -0.2) is 52.4 Å². The lowest BCUT2D eigenvalue weighted by Gasteiger charge is -2.32. The summed E-state index contributed by atoms with van der Waals surface area (Å²) in [6.07, 6.45) is 4.37. The molecule has 0 N–H and O–H groups in total. The molecule has 0 unspecified atom stereocenters. The number of pyridine rings is 1. The van der Waals surface area contributed by atoms with Gasteiger partial charge in [0.15, 0.2) is 5.65 Å². The second kappa shape index (κ2) is 6.62. The largest absolute Gasteiger partial charge is 0.495 e. The topological polar surface area (TPSA) is 51.9 Å². The molecule has 3 rings (SSSR count). The Morgan fingerprint density at radius 1 is 1.32 bits per heavy atom. The molecule has 6 nitrogen and oxygen atoms in total. The maximum Gasteiger partial charge on any atom is 0.164 e. The van der Waals surface area contributed by atoms with E-state index in [1.165, 1.54) is 0 Å². The first-order valence-corrected chi connectivity index (χ1v) is 7.93. The molecule has 0 atom stereocenters. The van der Waals surface area contributed by atoms with Crippen molar-refractivity contribution in [3.63, 3.8) is 0 Å². The lowest BCUT2D eigenvalue weighted by Crippen LogP contribution is -2.37. The van der Waals surface area contributed by atoms with Gasteiger partial charge in [-0.3, -0.25) is 9.30 Å². The second-order valence-electron chi connectivity index (χ2n) is 5.80. The van der Waals surface area contributed by atoms with Gasteiger partial charge in [-0.15, -0.1) is 10.2 Å². The highest BCUT2D eigenvalue weighted by Gasteiger charge is 2.22. The summed E-state index contributed by atoms with van der Waals surface area (Å²) in [4.78, 5) is 2.45. The fourth-order valence-electron chi connectivity index (χ4n) is 3.18. The number of rotatable bonds is 5. The second-order valence-corrected chi connectivity index (χ2v) is 5.80. The molecule has 120 valence electrons. The molecule has 2 aromatic rings. The molecule has 1 fully saturated rings. The van der Waals surface area contributed by atoms with Gasteiger partial charge in [-0.05, 0) is 38.3 Å². The Bertz CT molecular complexity index is 632. The van der Waals surface area contributed by atoms with E-state index in [-0.39, 0.29) is 0 Å². The third kappa shape index (κ3) is 2.94. The minimum atomic E-state index is 0.413. The fraction of sp³-hybridized carbons (Fsp3) is 0.625. The van der Waals surface area contributed by atoms with Crippen LogP contribution in [0.4, 0.5) is 0 Å². The molecular weight excluding hydrogens is 280 g/mol. The highest BCUT2D eigenvalue weighted by atomic mass is 16.5. The zero-order chi connectivity index (χ0) is 15.5. The van der Waals surface area contributed by atoms with Gasteiger partial charge in [0.25, 0.3) is 0 Å². The number of piperidine rings is 1. The predicted octanol–water partition coefficient (Wildman–Crippen LogP) is 2.05. The lowest BCUT2D eigenvalue weighted by atomic mass is 10.1. The average Bonchev–Trinajstić information content (AvgIpc) is 3.02. The van der Waals surface area contributed by atoms with E-state index in [4.69, 9.17) is 9.47 Å². The van der Waals surface area contributed by atoms with E-state index < -0.39 is 0 Å². The third-order valence-corrected chi connectivity index (χ3v) is 4.35. The van der Waals surface area contributed by atoms with Crippen LogP contribution >= 0.6 is 0 Å². The Hall–Kier alpha value is -1.66. The van der Waals surface area contributed by atoms with Crippen LogP contribution in [0, 0.1) is 6.92 Å². The first-order valence-electron chi connectivity index (χ1n) is 7.93. The fourth-order valence-corrected chi connectivity index (χ4v) is 3.18. The molecule has 0 bridgehead atoms. The minimum Gasteiger partial charge on any atom is -0.495 e. The minimum absolute atomic E-state index is 0.413. The Morgan fingerprint density at radius 2 is 2.09 bits per heavy atom. The number of fused-ring (bicyclic) bond motifs is 1. The summed E-state index contributed by atoms with van der Waals surface area (Å²) in [5.41, 5.74) is 3.09. The third-order valence-electron chi connectivity index (χ3n) is 4.35. The van der Waals surface area contributed by atoms with Crippen LogP contribution in [0.5, 0.6) is 5.75 Å². The number of ether oxygens (including phenoxy) is 2. The van der Waals surface area contributed by atoms with Crippen LogP contribution in [0.25, 0.3) is 5.65 Å². The zero-order valence-electron chi connectivity index (χ0n) is 13.6. The van der Waals surface area contributed by atoms with Gasteiger partial charge in [0.05, 0.1) is 18.9 Å². The van der Waals surface area contributed by atoms with Crippen LogP contribution in [0.2, 0.25) is 0 Å². The molecule has 0 radical (unpaired) electrons. The average molecular weight is 304 g/mol. The highest BCUT2D eigenvalue weighted by Crippen LogP contribution is 2.25. The molecule has 1 saturated heterocycles.